The average molecular weight is 337 g/mol. The molecule has 4 heteroatoms. The van der Waals surface area contributed by atoms with Gasteiger partial charge in [-0.05, 0) is 31.2 Å². The molecule has 0 saturated carbocycles. The molecular formula is C21H27N3O. The summed E-state index contributed by atoms with van der Waals surface area (Å²) in [4.78, 5) is 17.0. The van der Waals surface area contributed by atoms with Gasteiger partial charge in [0, 0.05) is 44.3 Å². The summed E-state index contributed by atoms with van der Waals surface area (Å²) in [6, 6.07) is 20.6. The van der Waals surface area contributed by atoms with Crippen molar-refractivity contribution in [1.82, 2.24) is 15.1 Å². The summed E-state index contributed by atoms with van der Waals surface area (Å²) in [7, 11) is 2.19. The van der Waals surface area contributed by atoms with Gasteiger partial charge in [0.15, 0.2) is 0 Å². The molecule has 1 amide bonds. The van der Waals surface area contributed by atoms with E-state index in [4.69, 9.17) is 0 Å². The summed E-state index contributed by atoms with van der Waals surface area (Å²) < 4.78 is 0. The predicted octanol–water partition coefficient (Wildman–Crippen LogP) is 2.80. The van der Waals surface area contributed by atoms with Crippen molar-refractivity contribution in [2.75, 3.05) is 39.8 Å². The van der Waals surface area contributed by atoms with Crippen LogP contribution in [0.1, 0.15) is 28.4 Å². The molecule has 1 heterocycles. The van der Waals surface area contributed by atoms with Crippen molar-refractivity contribution in [3.63, 3.8) is 0 Å². The molecule has 0 aromatic heterocycles. The fraction of sp³-hybridized carbons (Fsp3) is 0.381. The third-order valence-electron chi connectivity index (χ3n) is 4.82. The highest BCUT2D eigenvalue weighted by molar-refractivity contribution is 5.94. The lowest BCUT2D eigenvalue weighted by atomic mass is 10.0. The minimum Gasteiger partial charge on any atom is -0.352 e. The number of nitrogens with zero attached hydrogens (tertiary/aromatic N) is 2. The molecular weight excluding hydrogens is 310 g/mol. The molecule has 0 radical (unpaired) electrons. The second-order valence-electron chi connectivity index (χ2n) is 6.70. The summed E-state index contributed by atoms with van der Waals surface area (Å²) in [5.41, 5.74) is 2.10. The van der Waals surface area contributed by atoms with E-state index in [1.165, 1.54) is 5.56 Å². The van der Waals surface area contributed by atoms with Crippen molar-refractivity contribution in [2.45, 2.75) is 12.5 Å². The number of carbonyl (C=O) groups excluding carboxylic acids is 1. The Balaban J connectivity index is 1.50. The van der Waals surface area contributed by atoms with Gasteiger partial charge in [-0.15, -0.1) is 0 Å². The lowest BCUT2D eigenvalue weighted by molar-refractivity contribution is 0.0866. The molecule has 4 nitrogen and oxygen atoms in total. The summed E-state index contributed by atoms with van der Waals surface area (Å²) in [6.07, 6.45) is 0.964. The largest absolute Gasteiger partial charge is 0.352 e. The fourth-order valence-corrected chi connectivity index (χ4v) is 3.39. The highest BCUT2D eigenvalue weighted by Gasteiger charge is 2.25. The Morgan fingerprint density at radius 3 is 2.44 bits per heavy atom. The molecule has 0 spiro atoms. The van der Waals surface area contributed by atoms with Crippen LogP contribution in [0.3, 0.4) is 0 Å². The van der Waals surface area contributed by atoms with Crippen LogP contribution in [0.5, 0.6) is 0 Å². The Labute approximate surface area is 150 Å². The minimum atomic E-state index is 0.0126. The van der Waals surface area contributed by atoms with Gasteiger partial charge in [0.2, 0.25) is 0 Å². The van der Waals surface area contributed by atoms with E-state index in [-0.39, 0.29) is 5.91 Å². The highest BCUT2D eigenvalue weighted by Crippen LogP contribution is 2.24. The van der Waals surface area contributed by atoms with Crippen molar-refractivity contribution in [2.24, 2.45) is 0 Å². The van der Waals surface area contributed by atoms with Crippen molar-refractivity contribution < 1.29 is 4.79 Å². The number of hydrogen-bond acceptors (Lipinski definition) is 3. The van der Waals surface area contributed by atoms with Gasteiger partial charge in [0.1, 0.15) is 0 Å². The molecule has 1 atom stereocenters. The summed E-state index contributed by atoms with van der Waals surface area (Å²) >= 11 is 0. The Morgan fingerprint density at radius 2 is 1.72 bits per heavy atom. The molecule has 1 aliphatic heterocycles. The van der Waals surface area contributed by atoms with E-state index in [0.29, 0.717) is 12.6 Å². The number of likely N-dealkylation sites (N-methyl/N-ethyl adjacent to an activating group) is 1. The van der Waals surface area contributed by atoms with E-state index in [1.807, 2.05) is 30.3 Å². The van der Waals surface area contributed by atoms with Gasteiger partial charge in [-0.1, -0.05) is 48.5 Å². The van der Waals surface area contributed by atoms with Crippen molar-refractivity contribution in [3.8, 4) is 0 Å². The lowest BCUT2D eigenvalue weighted by Crippen LogP contribution is -2.47. The maximum atomic E-state index is 12.1. The molecule has 1 saturated heterocycles. The third kappa shape index (κ3) is 4.91. The van der Waals surface area contributed by atoms with Crippen LogP contribution in [0.2, 0.25) is 0 Å². The Hall–Kier alpha value is -2.17. The number of benzene rings is 2. The van der Waals surface area contributed by atoms with Gasteiger partial charge in [0.25, 0.3) is 5.91 Å². The standard InChI is InChI=1S/C21H27N3O/c1-23-15-16-24(20(17-23)18-9-4-2-5-10-18)14-8-13-22-21(25)19-11-6-3-7-12-19/h2-7,9-12,20H,8,13-17H2,1H3,(H,22,25)/t20-/m0/s1. The summed E-state index contributed by atoms with van der Waals surface area (Å²) in [6.45, 7) is 4.94. The van der Waals surface area contributed by atoms with Crippen LogP contribution in [0.15, 0.2) is 60.7 Å². The van der Waals surface area contributed by atoms with Crippen LogP contribution in [0.4, 0.5) is 0 Å². The van der Waals surface area contributed by atoms with Crippen molar-refractivity contribution in [1.29, 1.82) is 0 Å². The zero-order chi connectivity index (χ0) is 17.5. The highest BCUT2D eigenvalue weighted by atomic mass is 16.1. The van der Waals surface area contributed by atoms with Crippen LogP contribution in [0, 0.1) is 0 Å². The number of amides is 1. The number of carbonyl (C=O) groups is 1. The van der Waals surface area contributed by atoms with Gasteiger partial charge in [-0.2, -0.15) is 0 Å². The maximum Gasteiger partial charge on any atom is 0.251 e. The number of rotatable bonds is 6. The lowest BCUT2D eigenvalue weighted by Gasteiger charge is -2.40. The third-order valence-corrected chi connectivity index (χ3v) is 4.82. The molecule has 0 unspecified atom stereocenters. The molecule has 1 aliphatic rings. The van der Waals surface area contributed by atoms with E-state index in [0.717, 1.165) is 38.2 Å². The van der Waals surface area contributed by atoms with Crippen molar-refractivity contribution in [3.05, 3.63) is 71.8 Å². The maximum absolute atomic E-state index is 12.1. The molecule has 1 fully saturated rings. The van der Waals surface area contributed by atoms with Gasteiger partial charge >= 0.3 is 0 Å². The fourth-order valence-electron chi connectivity index (χ4n) is 3.39. The zero-order valence-corrected chi connectivity index (χ0v) is 14.9. The first-order valence-corrected chi connectivity index (χ1v) is 9.05. The SMILES string of the molecule is CN1CCN(CCCNC(=O)c2ccccc2)[C@H](c2ccccc2)C1. The molecule has 2 aromatic carbocycles. The zero-order valence-electron chi connectivity index (χ0n) is 14.9. The van der Waals surface area contributed by atoms with Crippen LogP contribution >= 0.6 is 0 Å². The minimum absolute atomic E-state index is 0.0126. The second-order valence-corrected chi connectivity index (χ2v) is 6.70. The number of piperazine rings is 1. The Morgan fingerprint density at radius 1 is 1.04 bits per heavy atom. The molecule has 0 aliphatic carbocycles. The molecule has 0 bridgehead atoms. The van der Waals surface area contributed by atoms with Gasteiger partial charge in [-0.3, -0.25) is 9.69 Å². The normalized spacial score (nSPS) is 18.8. The predicted molar refractivity (Wildman–Crippen MR) is 102 cm³/mol. The molecule has 1 N–H and O–H groups in total. The Kier molecular flexibility index (Phi) is 6.20. The quantitative estimate of drug-likeness (QED) is 0.824. The van der Waals surface area contributed by atoms with Crippen LogP contribution in [-0.4, -0.2) is 55.5 Å². The number of nitrogens with one attached hydrogen (secondary N) is 1. The molecule has 25 heavy (non-hydrogen) atoms. The van der Waals surface area contributed by atoms with Crippen LogP contribution in [0.25, 0.3) is 0 Å². The van der Waals surface area contributed by atoms with E-state index in [1.54, 1.807) is 0 Å². The average Bonchev–Trinajstić information content (AvgIpc) is 2.67. The molecule has 2 aromatic rings. The smallest absolute Gasteiger partial charge is 0.251 e. The monoisotopic (exact) mass is 337 g/mol. The summed E-state index contributed by atoms with van der Waals surface area (Å²) in [5, 5.41) is 3.03. The van der Waals surface area contributed by atoms with E-state index >= 15 is 0 Å². The van der Waals surface area contributed by atoms with E-state index < -0.39 is 0 Å². The van der Waals surface area contributed by atoms with Crippen LogP contribution in [-0.2, 0) is 0 Å². The van der Waals surface area contributed by atoms with Gasteiger partial charge in [0.05, 0.1) is 0 Å². The molecule has 3 rings (SSSR count). The first kappa shape index (κ1) is 17.6. The van der Waals surface area contributed by atoms with E-state index in [2.05, 4.69) is 52.5 Å². The first-order chi connectivity index (χ1) is 12.2. The van der Waals surface area contributed by atoms with E-state index in [9.17, 15) is 4.79 Å². The van der Waals surface area contributed by atoms with Crippen molar-refractivity contribution >= 4 is 5.91 Å². The number of hydrogen-bond donors (Lipinski definition) is 1. The molecule has 132 valence electrons. The summed E-state index contributed by atoms with van der Waals surface area (Å²) in [5.74, 6) is 0.0126. The second kappa shape index (κ2) is 8.79. The van der Waals surface area contributed by atoms with Gasteiger partial charge in [-0.25, -0.2) is 0 Å². The topological polar surface area (TPSA) is 35.6 Å². The van der Waals surface area contributed by atoms with Gasteiger partial charge < -0.3 is 10.2 Å². The van der Waals surface area contributed by atoms with Crippen LogP contribution < -0.4 is 5.32 Å². The Bertz CT molecular complexity index is 659. The first-order valence-electron chi connectivity index (χ1n) is 9.05.